The van der Waals surface area contributed by atoms with Crippen molar-refractivity contribution >= 4 is 33.2 Å². The van der Waals surface area contributed by atoms with Crippen LogP contribution in [0.25, 0.3) is 0 Å². The minimum Gasteiger partial charge on any atom is -0.325 e. The maximum Gasteiger partial charge on any atom is 0.244 e. The summed E-state index contributed by atoms with van der Waals surface area (Å²) in [5, 5.41) is 3.32. The van der Waals surface area contributed by atoms with Crippen molar-refractivity contribution in [3.05, 3.63) is 94.5 Å². The molecule has 1 heterocycles. The Kier molecular flexibility index (Phi) is 5.64. The first kappa shape index (κ1) is 20.6. The molecule has 3 aromatic carbocycles. The summed E-state index contributed by atoms with van der Waals surface area (Å²) in [6.45, 7) is 2.09. The molecule has 1 amide bonds. The van der Waals surface area contributed by atoms with Gasteiger partial charge in [0, 0.05) is 17.3 Å². The van der Waals surface area contributed by atoms with Crippen molar-refractivity contribution in [2.75, 3.05) is 5.32 Å². The van der Waals surface area contributed by atoms with E-state index in [1.54, 1.807) is 0 Å². The average Bonchev–Trinajstić information content (AvgIpc) is 2.74. The van der Waals surface area contributed by atoms with Crippen LogP contribution in [-0.2, 0) is 27.8 Å². The number of nitrogens with zero attached hydrogens (tertiary/aromatic N) is 1. The molecule has 1 aliphatic heterocycles. The maximum absolute atomic E-state index is 13.4. The van der Waals surface area contributed by atoms with Gasteiger partial charge in [-0.3, -0.25) is 4.79 Å². The quantitative estimate of drug-likeness (QED) is 0.653. The zero-order valence-electron chi connectivity index (χ0n) is 16.4. The molecule has 0 aliphatic carbocycles. The molecule has 5 nitrogen and oxygen atoms in total. The number of hydrogen-bond acceptors (Lipinski definition) is 3. The number of sulfonamides is 1. The van der Waals surface area contributed by atoms with Crippen molar-refractivity contribution in [2.45, 2.75) is 30.8 Å². The number of halogens is 1. The number of amides is 1. The van der Waals surface area contributed by atoms with Crippen molar-refractivity contribution in [1.82, 2.24) is 4.31 Å². The summed E-state index contributed by atoms with van der Waals surface area (Å²) in [4.78, 5) is 13.3. The monoisotopic (exact) mass is 440 g/mol. The van der Waals surface area contributed by atoms with Crippen LogP contribution in [-0.4, -0.2) is 24.7 Å². The molecule has 3 aromatic rings. The molecule has 0 spiro atoms. The number of rotatable bonds is 4. The third kappa shape index (κ3) is 4.12. The van der Waals surface area contributed by atoms with Crippen molar-refractivity contribution in [3.8, 4) is 0 Å². The van der Waals surface area contributed by atoms with Crippen LogP contribution in [0, 0.1) is 6.92 Å². The molecular formula is C23H21ClN2O3S. The van der Waals surface area contributed by atoms with Crippen molar-refractivity contribution in [2.24, 2.45) is 0 Å². The van der Waals surface area contributed by atoms with E-state index in [0.29, 0.717) is 17.1 Å². The van der Waals surface area contributed by atoms with Gasteiger partial charge in [0.05, 0.1) is 4.90 Å². The largest absolute Gasteiger partial charge is 0.325 e. The number of nitrogens with one attached hydrogen (secondary N) is 1. The van der Waals surface area contributed by atoms with Crippen LogP contribution < -0.4 is 5.32 Å². The third-order valence-electron chi connectivity index (χ3n) is 5.25. The Labute approximate surface area is 181 Å². The standard InChI is InChI=1S/C23H21ClN2O3S/c1-16-6-10-20(11-7-16)25-23(27)22-14-17-4-2-3-5-18(17)15-26(22)30(28,29)21-12-8-19(24)9-13-21/h2-13,22H,14-15H2,1H3,(H,25,27)/t22-/m1/s1. The fraction of sp³-hybridized carbons (Fsp3) is 0.174. The van der Waals surface area contributed by atoms with Crippen molar-refractivity contribution < 1.29 is 13.2 Å². The normalized spacial score (nSPS) is 16.7. The lowest BCUT2D eigenvalue weighted by molar-refractivity contribution is -0.120. The smallest absolute Gasteiger partial charge is 0.244 e. The molecule has 7 heteroatoms. The van der Waals surface area contributed by atoms with E-state index in [-0.39, 0.29) is 17.3 Å². The van der Waals surface area contributed by atoms with Gasteiger partial charge < -0.3 is 5.32 Å². The first-order valence-corrected chi connectivity index (χ1v) is 11.4. The Morgan fingerprint density at radius 2 is 1.60 bits per heavy atom. The molecule has 0 bridgehead atoms. The van der Waals surface area contributed by atoms with E-state index in [2.05, 4.69) is 5.32 Å². The minimum absolute atomic E-state index is 0.111. The lowest BCUT2D eigenvalue weighted by Gasteiger charge is -2.35. The highest BCUT2D eigenvalue weighted by atomic mass is 35.5. The molecule has 0 saturated heterocycles. The summed E-state index contributed by atoms with van der Waals surface area (Å²) < 4.78 is 28.1. The van der Waals surface area contributed by atoms with Gasteiger partial charge in [-0.15, -0.1) is 0 Å². The van der Waals surface area contributed by atoms with Gasteiger partial charge in [-0.2, -0.15) is 4.31 Å². The number of anilines is 1. The summed E-state index contributed by atoms with van der Waals surface area (Å²) in [5.74, 6) is -0.356. The van der Waals surface area contributed by atoms with Crippen molar-refractivity contribution in [3.63, 3.8) is 0 Å². The Morgan fingerprint density at radius 1 is 0.967 bits per heavy atom. The molecule has 1 atom stereocenters. The molecule has 0 aromatic heterocycles. The molecule has 4 rings (SSSR count). The van der Waals surface area contributed by atoms with Gasteiger partial charge >= 0.3 is 0 Å². The fourth-order valence-electron chi connectivity index (χ4n) is 3.58. The third-order valence-corrected chi connectivity index (χ3v) is 7.37. The Hall–Kier alpha value is -2.67. The summed E-state index contributed by atoms with van der Waals surface area (Å²) in [5.41, 5.74) is 3.58. The number of hydrogen-bond donors (Lipinski definition) is 1. The summed E-state index contributed by atoms with van der Waals surface area (Å²) in [6.07, 6.45) is 0.306. The number of aryl methyl sites for hydroxylation is 1. The van der Waals surface area contributed by atoms with Gasteiger partial charge in [0.1, 0.15) is 6.04 Å². The highest BCUT2D eigenvalue weighted by Crippen LogP contribution is 2.30. The zero-order chi connectivity index (χ0) is 21.3. The average molecular weight is 441 g/mol. The second kappa shape index (κ2) is 8.22. The van der Waals surface area contributed by atoms with E-state index in [1.807, 2.05) is 55.5 Å². The SMILES string of the molecule is Cc1ccc(NC(=O)[C@H]2Cc3ccccc3CN2S(=O)(=O)c2ccc(Cl)cc2)cc1. The predicted octanol–water partition coefficient (Wildman–Crippen LogP) is 4.40. The molecule has 0 saturated carbocycles. The lowest BCUT2D eigenvalue weighted by atomic mass is 9.95. The van der Waals surface area contributed by atoms with E-state index >= 15 is 0 Å². The van der Waals surface area contributed by atoms with Crippen LogP contribution in [0.4, 0.5) is 5.69 Å². The topological polar surface area (TPSA) is 66.5 Å². The van der Waals surface area contributed by atoms with Crippen LogP contribution in [0.2, 0.25) is 5.02 Å². The van der Waals surface area contributed by atoms with Crippen molar-refractivity contribution in [1.29, 1.82) is 0 Å². The number of carbonyl (C=O) groups excluding carboxylic acids is 1. The van der Waals surface area contributed by atoms with Gasteiger partial charge in [0.25, 0.3) is 0 Å². The number of fused-ring (bicyclic) bond motifs is 1. The van der Waals surface area contributed by atoms with Crippen LogP contribution in [0.15, 0.2) is 77.7 Å². The van der Waals surface area contributed by atoms with E-state index in [9.17, 15) is 13.2 Å². The van der Waals surface area contributed by atoms with Gasteiger partial charge in [-0.25, -0.2) is 8.42 Å². The Bertz CT molecular complexity index is 1180. The zero-order valence-corrected chi connectivity index (χ0v) is 18.0. The highest BCUT2D eigenvalue weighted by molar-refractivity contribution is 7.89. The Balaban J connectivity index is 1.70. The first-order valence-electron chi connectivity index (χ1n) is 9.56. The summed E-state index contributed by atoms with van der Waals surface area (Å²) in [7, 11) is -3.90. The van der Waals surface area contributed by atoms with Crippen LogP contribution in [0.3, 0.4) is 0 Å². The predicted molar refractivity (Wildman–Crippen MR) is 118 cm³/mol. The van der Waals surface area contributed by atoms with E-state index < -0.39 is 16.1 Å². The van der Waals surface area contributed by atoms with Gasteiger partial charge in [0.15, 0.2) is 0 Å². The summed E-state index contributed by atoms with van der Waals surface area (Å²) in [6, 6.07) is 20.2. The number of carbonyl (C=O) groups is 1. The van der Waals surface area contributed by atoms with Gasteiger partial charge in [-0.05, 0) is 60.9 Å². The van der Waals surface area contributed by atoms with E-state index in [0.717, 1.165) is 16.7 Å². The molecule has 0 fully saturated rings. The van der Waals surface area contributed by atoms with Crippen LogP contribution in [0.1, 0.15) is 16.7 Å². The van der Waals surface area contributed by atoms with E-state index in [4.69, 9.17) is 11.6 Å². The summed E-state index contributed by atoms with van der Waals surface area (Å²) >= 11 is 5.92. The minimum atomic E-state index is -3.90. The van der Waals surface area contributed by atoms with Gasteiger partial charge in [-0.1, -0.05) is 53.6 Å². The highest BCUT2D eigenvalue weighted by Gasteiger charge is 2.39. The second-order valence-corrected chi connectivity index (χ2v) is 9.68. The molecule has 30 heavy (non-hydrogen) atoms. The second-order valence-electron chi connectivity index (χ2n) is 7.35. The number of benzene rings is 3. The fourth-order valence-corrected chi connectivity index (χ4v) is 5.27. The van der Waals surface area contributed by atoms with Crippen LogP contribution >= 0.6 is 11.6 Å². The van der Waals surface area contributed by atoms with Gasteiger partial charge in [0.2, 0.25) is 15.9 Å². The molecule has 154 valence electrons. The molecular weight excluding hydrogens is 420 g/mol. The van der Waals surface area contributed by atoms with E-state index in [1.165, 1.54) is 28.6 Å². The molecule has 0 unspecified atom stereocenters. The maximum atomic E-state index is 13.4. The Morgan fingerprint density at radius 3 is 2.27 bits per heavy atom. The van der Waals surface area contributed by atoms with Crippen LogP contribution in [0.5, 0.6) is 0 Å². The molecule has 0 radical (unpaired) electrons. The molecule has 1 N–H and O–H groups in total. The molecule has 1 aliphatic rings. The first-order chi connectivity index (χ1) is 14.3. The lowest BCUT2D eigenvalue weighted by Crippen LogP contribution is -2.50.